The Hall–Kier alpha value is -2.77. The summed E-state index contributed by atoms with van der Waals surface area (Å²) in [5.74, 6) is 1.82. The minimum absolute atomic E-state index is 0.650. The fourth-order valence-electron chi connectivity index (χ4n) is 3.58. The fraction of sp³-hybridized carbons (Fsp3) is 0.190. The summed E-state index contributed by atoms with van der Waals surface area (Å²) in [6.45, 7) is 3.46. The highest BCUT2D eigenvalue weighted by molar-refractivity contribution is 7.98. The third-order valence-corrected chi connectivity index (χ3v) is 5.78. The second-order valence-corrected chi connectivity index (χ2v) is 7.97. The van der Waals surface area contributed by atoms with Crippen LogP contribution in [0.15, 0.2) is 46.9 Å². The Kier molecular flexibility index (Phi) is 4.56. The van der Waals surface area contributed by atoms with Crippen LogP contribution < -0.4 is 4.90 Å². The topological polar surface area (TPSA) is 67.2 Å². The number of thioether (sulfide) groups is 1. The number of nitrogens with zero attached hydrogens (tertiary/aromatic N) is 6. The molecular weight excluding hydrogens is 404 g/mol. The monoisotopic (exact) mass is 420 g/mol. The third kappa shape index (κ3) is 3.20. The van der Waals surface area contributed by atoms with Gasteiger partial charge in [0.15, 0.2) is 5.16 Å². The summed E-state index contributed by atoms with van der Waals surface area (Å²) in [6, 6.07) is 5.98. The van der Waals surface area contributed by atoms with Crippen molar-refractivity contribution in [2.45, 2.75) is 12.1 Å². The summed E-state index contributed by atoms with van der Waals surface area (Å²) in [7, 11) is 0. The van der Waals surface area contributed by atoms with Gasteiger partial charge in [-0.2, -0.15) is 0 Å². The SMILES string of the molecule is CSc1ncc2c(n1)N1CCN=C1C(c1ccc(-c3cncc(C)n3)cc1Cl)=C2. The number of anilines is 1. The van der Waals surface area contributed by atoms with Crippen molar-refractivity contribution >= 4 is 46.7 Å². The number of aromatic nitrogens is 4. The highest BCUT2D eigenvalue weighted by Crippen LogP contribution is 2.38. The first-order chi connectivity index (χ1) is 14.1. The van der Waals surface area contributed by atoms with Gasteiger partial charge in [-0.15, -0.1) is 0 Å². The first-order valence-electron chi connectivity index (χ1n) is 9.18. The average Bonchev–Trinajstić information content (AvgIpc) is 3.23. The van der Waals surface area contributed by atoms with Crippen molar-refractivity contribution in [1.29, 1.82) is 0 Å². The molecule has 0 atom stereocenters. The molecule has 0 aliphatic carbocycles. The molecule has 0 radical (unpaired) electrons. The zero-order valence-corrected chi connectivity index (χ0v) is 17.5. The molecule has 4 heterocycles. The molecule has 0 N–H and O–H groups in total. The Balaban J connectivity index is 1.60. The second kappa shape index (κ2) is 7.24. The molecule has 0 saturated carbocycles. The molecule has 8 heteroatoms. The number of amidine groups is 1. The van der Waals surface area contributed by atoms with E-state index in [0.29, 0.717) is 5.02 Å². The Bertz CT molecular complexity index is 1190. The number of aryl methyl sites for hydroxylation is 1. The Morgan fingerprint density at radius 2 is 2.03 bits per heavy atom. The van der Waals surface area contributed by atoms with E-state index in [-0.39, 0.29) is 0 Å². The first-order valence-corrected chi connectivity index (χ1v) is 10.8. The summed E-state index contributed by atoms with van der Waals surface area (Å²) in [5.41, 5.74) is 5.51. The Morgan fingerprint density at radius 1 is 1.14 bits per heavy atom. The van der Waals surface area contributed by atoms with E-state index in [1.165, 1.54) is 11.8 Å². The molecule has 5 rings (SSSR count). The summed E-state index contributed by atoms with van der Waals surface area (Å²) >= 11 is 8.25. The van der Waals surface area contributed by atoms with Crippen LogP contribution in [-0.2, 0) is 0 Å². The standard InChI is InChI=1S/C21H17ClN6S/c1-12-9-23-11-18(26-12)13-3-4-15(17(22)8-13)16-7-14-10-25-21(29-2)27-19(14)28-6-5-24-20(16)28/h3-4,7-11H,5-6H2,1-2H3. The summed E-state index contributed by atoms with van der Waals surface area (Å²) in [4.78, 5) is 24.8. The molecule has 1 aromatic carbocycles. The van der Waals surface area contributed by atoms with Crippen LogP contribution in [-0.4, -0.2) is 45.1 Å². The predicted molar refractivity (Wildman–Crippen MR) is 119 cm³/mol. The lowest BCUT2D eigenvalue weighted by atomic mass is 9.97. The van der Waals surface area contributed by atoms with Gasteiger partial charge in [0.05, 0.1) is 24.1 Å². The minimum atomic E-state index is 0.650. The molecule has 144 valence electrons. The molecule has 0 saturated heterocycles. The molecule has 0 amide bonds. The molecule has 2 aliphatic heterocycles. The molecule has 3 aromatic rings. The van der Waals surface area contributed by atoms with Gasteiger partial charge in [-0.1, -0.05) is 35.5 Å². The number of fused-ring (bicyclic) bond motifs is 3. The largest absolute Gasteiger partial charge is 0.308 e. The van der Waals surface area contributed by atoms with E-state index in [9.17, 15) is 0 Å². The van der Waals surface area contributed by atoms with Gasteiger partial charge in [0.1, 0.15) is 11.7 Å². The van der Waals surface area contributed by atoms with Gasteiger partial charge in [0.25, 0.3) is 0 Å². The van der Waals surface area contributed by atoms with Crippen LogP contribution in [0, 0.1) is 6.92 Å². The summed E-state index contributed by atoms with van der Waals surface area (Å²) in [6.07, 6.45) is 9.41. The van der Waals surface area contributed by atoms with Crippen LogP contribution in [0.4, 0.5) is 5.82 Å². The Labute approximate surface area is 177 Å². The Morgan fingerprint density at radius 3 is 2.83 bits per heavy atom. The normalized spacial score (nSPS) is 14.9. The van der Waals surface area contributed by atoms with Crippen molar-refractivity contribution in [1.82, 2.24) is 19.9 Å². The zero-order valence-electron chi connectivity index (χ0n) is 15.9. The van der Waals surface area contributed by atoms with E-state index >= 15 is 0 Å². The lowest BCUT2D eigenvalue weighted by Crippen LogP contribution is -2.32. The number of halogens is 1. The van der Waals surface area contributed by atoms with Crippen molar-refractivity contribution in [3.05, 3.63) is 58.6 Å². The van der Waals surface area contributed by atoms with E-state index in [4.69, 9.17) is 21.6 Å². The maximum absolute atomic E-state index is 6.72. The molecule has 0 spiro atoms. The predicted octanol–water partition coefficient (Wildman–Crippen LogP) is 4.39. The number of benzene rings is 1. The van der Waals surface area contributed by atoms with Gasteiger partial charge in [-0.25, -0.2) is 15.0 Å². The van der Waals surface area contributed by atoms with Crippen molar-refractivity contribution in [2.24, 2.45) is 4.99 Å². The number of hydrogen-bond acceptors (Lipinski definition) is 7. The van der Waals surface area contributed by atoms with Crippen molar-refractivity contribution < 1.29 is 0 Å². The van der Waals surface area contributed by atoms with E-state index in [1.54, 1.807) is 12.4 Å². The second-order valence-electron chi connectivity index (χ2n) is 6.79. The highest BCUT2D eigenvalue weighted by Gasteiger charge is 2.31. The van der Waals surface area contributed by atoms with Crippen molar-refractivity contribution in [2.75, 3.05) is 24.2 Å². The van der Waals surface area contributed by atoms with Crippen LogP contribution in [0.5, 0.6) is 0 Å². The summed E-state index contributed by atoms with van der Waals surface area (Å²) in [5, 5.41) is 1.41. The summed E-state index contributed by atoms with van der Waals surface area (Å²) < 4.78 is 0. The van der Waals surface area contributed by atoms with Crippen LogP contribution >= 0.6 is 23.4 Å². The highest BCUT2D eigenvalue weighted by atomic mass is 35.5. The maximum Gasteiger partial charge on any atom is 0.189 e. The van der Waals surface area contributed by atoms with E-state index in [2.05, 4.69) is 25.9 Å². The number of aliphatic imine (C=N–C) groups is 1. The fourth-order valence-corrected chi connectivity index (χ4v) is 4.20. The van der Waals surface area contributed by atoms with E-state index in [0.717, 1.165) is 63.6 Å². The van der Waals surface area contributed by atoms with Crippen molar-refractivity contribution in [3.63, 3.8) is 0 Å². The van der Waals surface area contributed by atoms with E-state index in [1.807, 2.05) is 37.6 Å². The van der Waals surface area contributed by atoms with Crippen LogP contribution in [0.25, 0.3) is 22.9 Å². The van der Waals surface area contributed by atoms with Gasteiger partial charge in [-0.3, -0.25) is 9.98 Å². The molecule has 0 bridgehead atoms. The molecule has 2 aromatic heterocycles. The van der Waals surface area contributed by atoms with Crippen LogP contribution in [0.1, 0.15) is 16.8 Å². The average molecular weight is 421 g/mol. The molecule has 0 unspecified atom stereocenters. The van der Waals surface area contributed by atoms with Crippen LogP contribution in [0.2, 0.25) is 5.02 Å². The number of hydrogen-bond donors (Lipinski definition) is 0. The van der Waals surface area contributed by atoms with Gasteiger partial charge in [0.2, 0.25) is 0 Å². The minimum Gasteiger partial charge on any atom is -0.308 e. The lowest BCUT2D eigenvalue weighted by molar-refractivity contribution is 0.918. The van der Waals surface area contributed by atoms with Crippen LogP contribution in [0.3, 0.4) is 0 Å². The first kappa shape index (κ1) is 18.3. The maximum atomic E-state index is 6.72. The van der Waals surface area contributed by atoms with E-state index < -0.39 is 0 Å². The quantitative estimate of drug-likeness (QED) is 0.462. The molecule has 2 aliphatic rings. The van der Waals surface area contributed by atoms with Gasteiger partial charge in [-0.05, 0) is 25.3 Å². The zero-order chi connectivity index (χ0) is 20.0. The molecule has 6 nitrogen and oxygen atoms in total. The third-order valence-electron chi connectivity index (χ3n) is 4.90. The van der Waals surface area contributed by atoms with Crippen molar-refractivity contribution in [3.8, 4) is 11.3 Å². The molecule has 0 fully saturated rings. The van der Waals surface area contributed by atoms with Gasteiger partial charge >= 0.3 is 0 Å². The smallest absolute Gasteiger partial charge is 0.189 e. The number of rotatable bonds is 3. The van der Waals surface area contributed by atoms with Gasteiger partial charge < -0.3 is 4.90 Å². The molecule has 29 heavy (non-hydrogen) atoms. The lowest BCUT2D eigenvalue weighted by Gasteiger charge is -2.27. The molecular formula is C21H17ClN6S. The van der Waals surface area contributed by atoms with Gasteiger partial charge in [0, 0.05) is 46.2 Å².